The van der Waals surface area contributed by atoms with Gasteiger partial charge in [0, 0.05) is 18.7 Å². The molecule has 2 N–H and O–H groups in total. The van der Waals surface area contributed by atoms with Crippen molar-refractivity contribution in [3.8, 4) is 5.75 Å². The Hall–Kier alpha value is -3.17. The Morgan fingerprint density at radius 1 is 1.09 bits per heavy atom. The summed E-state index contributed by atoms with van der Waals surface area (Å²) in [6.07, 6.45) is 0.0486. The molecule has 0 spiro atoms. The molecule has 33 heavy (non-hydrogen) atoms. The van der Waals surface area contributed by atoms with Gasteiger partial charge in [0.15, 0.2) is 5.11 Å². The molecular formula is C24H29N3O5S. The molecule has 9 heteroatoms. The molecule has 2 aromatic carbocycles. The van der Waals surface area contributed by atoms with Crippen molar-refractivity contribution in [3.63, 3.8) is 0 Å². The molecule has 0 unspecified atom stereocenters. The molecule has 3 rings (SSSR count). The van der Waals surface area contributed by atoms with E-state index in [9.17, 15) is 9.59 Å². The van der Waals surface area contributed by atoms with Gasteiger partial charge in [-0.3, -0.25) is 10.1 Å². The molecule has 1 aliphatic rings. The number of anilines is 2. The molecule has 0 atom stereocenters. The number of hydrogen-bond donors (Lipinski definition) is 2. The summed E-state index contributed by atoms with van der Waals surface area (Å²) < 4.78 is 16.2. The lowest BCUT2D eigenvalue weighted by molar-refractivity contribution is 0.0526. The first-order chi connectivity index (χ1) is 15.9. The number of carbonyl (C=O) groups excluding carboxylic acids is 2. The van der Waals surface area contributed by atoms with Crippen molar-refractivity contribution in [1.29, 1.82) is 0 Å². The van der Waals surface area contributed by atoms with Crippen LogP contribution in [0.3, 0.4) is 0 Å². The summed E-state index contributed by atoms with van der Waals surface area (Å²) in [5.41, 5.74) is 2.31. The lowest BCUT2D eigenvalue weighted by Gasteiger charge is -2.31. The van der Waals surface area contributed by atoms with Crippen LogP contribution in [-0.4, -0.2) is 56.0 Å². The number of nitrogens with zero attached hydrogens (tertiary/aromatic N) is 1. The third kappa shape index (κ3) is 6.90. The monoisotopic (exact) mass is 471 g/mol. The van der Waals surface area contributed by atoms with Crippen LogP contribution in [0, 0.1) is 0 Å². The van der Waals surface area contributed by atoms with Crippen molar-refractivity contribution in [1.82, 2.24) is 5.32 Å². The first-order valence-corrected chi connectivity index (χ1v) is 11.3. The Morgan fingerprint density at radius 3 is 2.39 bits per heavy atom. The van der Waals surface area contributed by atoms with Gasteiger partial charge in [0.05, 0.1) is 42.9 Å². The minimum Gasteiger partial charge on any atom is -0.491 e. The normalized spacial score (nSPS) is 13.4. The maximum absolute atomic E-state index is 12.6. The third-order valence-corrected chi connectivity index (χ3v) is 5.03. The molecule has 0 bridgehead atoms. The summed E-state index contributed by atoms with van der Waals surface area (Å²) >= 11 is 5.39. The topological polar surface area (TPSA) is 89.1 Å². The van der Waals surface area contributed by atoms with Gasteiger partial charge in [0.25, 0.3) is 5.91 Å². The van der Waals surface area contributed by atoms with Gasteiger partial charge in [-0.1, -0.05) is 0 Å². The molecule has 176 valence electrons. The Kier molecular flexibility index (Phi) is 8.62. The summed E-state index contributed by atoms with van der Waals surface area (Å²) in [4.78, 5) is 27.0. The van der Waals surface area contributed by atoms with Gasteiger partial charge in [-0.2, -0.15) is 0 Å². The Morgan fingerprint density at radius 2 is 1.76 bits per heavy atom. The summed E-state index contributed by atoms with van der Waals surface area (Å²) in [7, 11) is 0. The van der Waals surface area contributed by atoms with E-state index >= 15 is 0 Å². The highest BCUT2D eigenvalue weighted by Crippen LogP contribution is 2.28. The molecule has 1 saturated heterocycles. The van der Waals surface area contributed by atoms with Crippen molar-refractivity contribution >= 4 is 40.6 Å². The average molecular weight is 472 g/mol. The van der Waals surface area contributed by atoms with Crippen LogP contribution in [0.15, 0.2) is 42.5 Å². The molecule has 0 aliphatic carbocycles. The molecule has 0 radical (unpaired) electrons. The van der Waals surface area contributed by atoms with Crippen molar-refractivity contribution in [2.24, 2.45) is 0 Å². The number of nitrogens with one attached hydrogen (secondary N) is 2. The molecular weight excluding hydrogens is 442 g/mol. The van der Waals surface area contributed by atoms with E-state index in [1.54, 1.807) is 43.3 Å². The highest BCUT2D eigenvalue weighted by Gasteiger charge is 2.19. The maximum atomic E-state index is 12.6. The van der Waals surface area contributed by atoms with Crippen LogP contribution in [0.1, 0.15) is 41.5 Å². The minimum atomic E-state index is -0.423. The van der Waals surface area contributed by atoms with Crippen LogP contribution in [0.2, 0.25) is 0 Å². The number of esters is 1. The molecule has 1 amide bonds. The Balaban J connectivity index is 1.74. The largest absolute Gasteiger partial charge is 0.491 e. The van der Waals surface area contributed by atoms with Gasteiger partial charge in [-0.05, 0) is 75.5 Å². The van der Waals surface area contributed by atoms with Crippen LogP contribution < -0.4 is 20.3 Å². The number of amides is 1. The second-order valence-corrected chi connectivity index (χ2v) is 8.06. The van der Waals surface area contributed by atoms with Crippen molar-refractivity contribution in [3.05, 3.63) is 53.6 Å². The predicted octanol–water partition coefficient (Wildman–Crippen LogP) is 3.61. The minimum absolute atomic E-state index is 0.0486. The summed E-state index contributed by atoms with van der Waals surface area (Å²) in [6, 6.07) is 12.1. The number of benzene rings is 2. The highest BCUT2D eigenvalue weighted by atomic mass is 32.1. The molecule has 0 saturated carbocycles. The van der Waals surface area contributed by atoms with E-state index in [-0.39, 0.29) is 23.7 Å². The molecule has 1 fully saturated rings. The second kappa shape index (κ2) is 11.6. The SMILES string of the molecule is CCOC(=O)c1ccc(N2CCOCC2)c(NC(=S)NC(=O)c2ccc(OC(C)C)cc2)c1. The molecule has 2 aromatic rings. The number of morpholine rings is 1. The Labute approximate surface area is 199 Å². The van der Waals surface area contributed by atoms with Gasteiger partial charge in [-0.25, -0.2) is 4.79 Å². The summed E-state index contributed by atoms with van der Waals surface area (Å²) in [5, 5.41) is 5.88. The lowest BCUT2D eigenvalue weighted by Crippen LogP contribution is -2.38. The smallest absolute Gasteiger partial charge is 0.338 e. The van der Waals surface area contributed by atoms with Gasteiger partial charge in [0.2, 0.25) is 0 Å². The number of thiocarbonyl (C=S) groups is 1. The van der Waals surface area contributed by atoms with Crippen LogP contribution in [0.25, 0.3) is 0 Å². The summed E-state index contributed by atoms with van der Waals surface area (Å²) in [5.74, 6) is -0.0843. The van der Waals surface area contributed by atoms with Crippen LogP contribution in [-0.2, 0) is 9.47 Å². The van der Waals surface area contributed by atoms with Crippen LogP contribution in [0.4, 0.5) is 11.4 Å². The fourth-order valence-electron chi connectivity index (χ4n) is 3.34. The van der Waals surface area contributed by atoms with Gasteiger partial charge >= 0.3 is 5.97 Å². The Bertz CT molecular complexity index is 988. The fraction of sp³-hybridized carbons (Fsp3) is 0.375. The van der Waals surface area contributed by atoms with Gasteiger partial charge in [-0.15, -0.1) is 0 Å². The van der Waals surface area contributed by atoms with E-state index in [1.807, 2.05) is 19.9 Å². The first kappa shape index (κ1) is 24.5. The van der Waals surface area contributed by atoms with Gasteiger partial charge < -0.3 is 24.4 Å². The number of rotatable bonds is 7. The van der Waals surface area contributed by atoms with E-state index in [4.69, 9.17) is 26.4 Å². The average Bonchev–Trinajstić information content (AvgIpc) is 2.79. The number of hydrogen-bond acceptors (Lipinski definition) is 7. The van der Waals surface area contributed by atoms with E-state index in [0.717, 1.165) is 5.69 Å². The second-order valence-electron chi connectivity index (χ2n) is 7.65. The van der Waals surface area contributed by atoms with Crippen LogP contribution in [0.5, 0.6) is 5.75 Å². The zero-order chi connectivity index (χ0) is 23.8. The van der Waals surface area contributed by atoms with Crippen molar-refractivity contribution < 1.29 is 23.8 Å². The first-order valence-electron chi connectivity index (χ1n) is 10.9. The molecule has 1 heterocycles. The zero-order valence-electron chi connectivity index (χ0n) is 19.1. The molecule has 1 aliphatic heterocycles. The van der Waals surface area contributed by atoms with Crippen molar-refractivity contribution in [2.75, 3.05) is 43.1 Å². The standard InChI is InChI=1S/C24H29N3O5S/c1-4-31-23(29)18-7-10-21(27-11-13-30-14-12-27)20(15-18)25-24(33)26-22(28)17-5-8-19(9-6-17)32-16(2)3/h5-10,15-16H,4,11-14H2,1-3H3,(H2,25,26,28,33). The molecule has 8 nitrogen and oxygen atoms in total. The molecule has 0 aromatic heterocycles. The van der Waals surface area contributed by atoms with Crippen molar-refractivity contribution in [2.45, 2.75) is 26.9 Å². The lowest BCUT2D eigenvalue weighted by atomic mass is 10.1. The van der Waals surface area contributed by atoms with E-state index < -0.39 is 5.97 Å². The van der Waals surface area contributed by atoms with Gasteiger partial charge in [0.1, 0.15) is 5.75 Å². The third-order valence-electron chi connectivity index (χ3n) is 4.82. The maximum Gasteiger partial charge on any atom is 0.338 e. The number of carbonyl (C=O) groups is 2. The van der Waals surface area contributed by atoms with Crippen LogP contribution >= 0.6 is 12.2 Å². The summed E-state index contributed by atoms with van der Waals surface area (Å²) in [6.45, 7) is 8.54. The predicted molar refractivity (Wildman–Crippen MR) is 131 cm³/mol. The van der Waals surface area contributed by atoms with E-state index in [0.29, 0.717) is 48.9 Å². The number of ether oxygens (including phenoxy) is 3. The fourth-order valence-corrected chi connectivity index (χ4v) is 3.55. The van der Waals surface area contributed by atoms with E-state index in [1.165, 1.54) is 0 Å². The zero-order valence-corrected chi connectivity index (χ0v) is 19.9. The quantitative estimate of drug-likeness (QED) is 0.468. The highest BCUT2D eigenvalue weighted by molar-refractivity contribution is 7.80. The van der Waals surface area contributed by atoms with E-state index in [2.05, 4.69) is 15.5 Å².